The zero-order valence-corrected chi connectivity index (χ0v) is 9.48. The van der Waals surface area contributed by atoms with Crippen LogP contribution in [0.25, 0.3) is 0 Å². The molecule has 84 valence electrons. The molecule has 1 atom stereocenters. The summed E-state index contributed by atoms with van der Waals surface area (Å²) in [7, 11) is 1.91. The van der Waals surface area contributed by atoms with Gasteiger partial charge < -0.3 is 5.32 Å². The quantitative estimate of drug-likeness (QED) is 0.758. The van der Waals surface area contributed by atoms with Crippen molar-refractivity contribution in [2.24, 2.45) is 7.05 Å². The van der Waals surface area contributed by atoms with Crippen LogP contribution < -0.4 is 5.32 Å². The van der Waals surface area contributed by atoms with Gasteiger partial charge in [-0.15, -0.1) is 5.10 Å². The maximum Gasteiger partial charge on any atom is 0.0967 e. The van der Waals surface area contributed by atoms with E-state index in [1.807, 2.05) is 13.2 Å². The third-order valence-electron chi connectivity index (χ3n) is 2.97. The Morgan fingerprint density at radius 1 is 1.67 bits per heavy atom. The first kappa shape index (κ1) is 10.6. The summed E-state index contributed by atoms with van der Waals surface area (Å²) in [6, 6.07) is 0.664. The standard InChI is InChI=1S/C10H19N5/c1-3-15(10-4-5-11-6-10)8-9-7-14(2)13-12-9/h7,10-11H,3-6,8H2,1-2H3. The van der Waals surface area contributed by atoms with Crippen molar-refractivity contribution in [2.45, 2.75) is 25.9 Å². The monoisotopic (exact) mass is 209 g/mol. The lowest BCUT2D eigenvalue weighted by Crippen LogP contribution is -2.36. The summed E-state index contributed by atoms with van der Waals surface area (Å²) < 4.78 is 1.76. The lowest BCUT2D eigenvalue weighted by atomic mass is 10.2. The Labute approximate surface area is 90.5 Å². The van der Waals surface area contributed by atoms with E-state index in [4.69, 9.17) is 0 Å². The van der Waals surface area contributed by atoms with E-state index in [-0.39, 0.29) is 0 Å². The molecule has 0 spiro atoms. The Kier molecular flexibility index (Phi) is 3.33. The Bertz CT molecular complexity index is 303. The van der Waals surface area contributed by atoms with Crippen LogP contribution in [0, 0.1) is 0 Å². The molecule has 15 heavy (non-hydrogen) atoms. The SMILES string of the molecule is CCN(Cc1cn(C)nn1)C1CCNC1. The predicted molar refractivity (Wildman–Crippen MR) is 58.4 cm³/mol. The molecule has 0 aliphatic carbocycles. The van der Waals surface area contributed by atoms with E-state index in [2.05, 4.69) is 27.5 Å². The molecule has 0 radical (unpaired) electrons. The minimum Gasteiger partial charge on any atom is -0.315 e. The molecule has 5 heteroatoms. The molecule has 1 fully saturated rings. The van der Waals surface area contributed by atoms with Gasteiger partial charge in [-0.25, -0.2) is 0 Å². The fraction of sp³-hybridized carbons (Fsp3) is 0.800. The van der Waals surface area contributed by atoms with Crippen molar-refractivity contribution in [2.75, 3.05) is 19.6 Å². The van der Waals surface area contributed by atoms with Crippen LogP contribution in [-0.2, 0) is 13.6 Å². The van der Waals surface area contributed by atoms with Gasteiger partial charge in [0.25, 0.3) is 0 Å². The highest BCUT2D eigenvalue weighted by Gasteiger charge is 2.21. The van der Waals surface area contributed by atoms with Gasteiger partial charge in [-0.1, -0.05) is 12.1 Å². The maximum atomic E-state index is 4.13. The summed E-state index contributed by atoms with van der Waals surface area (Å²) in [6.45, 7) is 6.43. The highest BCUT2D eigenvalue weighted by Crippen LogP contribution is 2.11. The molecule has 0 amide bonds. The van der Waals surface area contributed by atoms with Crippen molar-refractivity contribution in [3.05, 3.63) is 11.9 Å². The Balaban J connectivity index is 1.95. The van der Waals surface area contributed by atoms with E-state index >= 15 is 0 Å². The molecule has 1 aliphatic heterocycles. The van der Waals surface area contributed by atoms with Crippen LogP contribution >= 0.6 is 0 Å². The van der Waals surface area contributed by atoms with E-state index in [0.29, 0.717) is 6.04 Å². The van der Waals surface area contributed by atoms with Crippen LogP contribution in [0.5, 0.6) is 0 Å². The second kappa shape index (κ2) is 4.72. The summed E-state index contributed by atoms with van der Waals surface area (Å²) in [5.41, 5.74) is 1.06. The molecule has 0 bridgehead atoms. The van der Waals surface area contributed by atoms with Crippen molar-refractivity contribution in [3.63, 3.8) is 0 Å². The first-order chi connectivity index (χ1) is 7.29. The molecule has 1 aromatic heterocycles. The van der Waals surface area contributed by atoms with Crippen molar-refractivity contribution in [1.29, 1.82) is 0 Å². The molecule has 1 aromatic rings. The van der Waals surface area contributed by atoms with E-state index in [0.717, 1.165) is 31.9 Å². The van der Waals surface area contributed by atoms with Crippen LogP contribution in [-0.4, -0.2) is 45.6 Å². The lowest BCUT2D eigenvalue weighted by molar-refractivity contribution is 0.208. The third-order valence-corrected chi connectivity index (χ3v) is 2.97. The largest absolute Gasteiger partial charge is 0.315 e. The van der Waals surface area contributed by atoms with Crippen molar-refractivity contribution < 1.29 is 0 Å². The van der Waals surface area contributed by atoms with Gasteiger partial charge in [0.05, 0.1) is 5.69 Å². The van der Waals surface area contributed by atoms with Crippen LogP contribution in [0.3, 0.4) is 0 Å². The summed E-state index contributed by atoms with van der Waals surface area (Å²) in [6.07, 6.45) is 3.24. The molecule has 0 aromatic carbocycles. The zero-order chi connectivity index (χ0) is 10.7. The topological polar surface area (TPSA) is 46.0 Å². The Morgan fingerprint density at radius 2 is 2.53 bits per heavy atom. The molecular formula is C10H19N5. The smallest absolute Gasteiger partial charge is 0.0967 e. The second-order valence-corrected chi connectivity index (χ2v) is 4.09. The minimum atomic E-state index is 0.664. The molecule has 2 rings (SSSR count). The highest BCUT2D eigenvalue weighted by molar-refractivity contribution is 4.93. The fourth-order valence-electron chi connectivity index (χ4n) is 2.13. The number of nitrogens with one attached hydrogen (secondary N) is 1. The van der Waals surface area contributed by atoms with Crippen LogP contribution in [0.2, 0.25) is 0 Å². The van der Waals surface area contributed by atoms with Gasteiger partial charge in [0.2, 0.25) is 0 Å². The number of hydrogen-bond acceptors (Lipinski definition) is 4. The number of nitrogens with zero attached hydrogens (tertiary/aromatic N) is 4. The number of aromatic nitrogens is 3. The molecule has 1 saturated heterocycles. The van der Waals surface area contributed by atoms with Gasteiger partial charge in [-0.3, -0.25) is 9.58 Å². The third kappa shape index (κ3) is 2.54. The van der Waals surface area contributed by atoms with Crippen LogP contribution in [0.4, 0.5) is 0 Å². The summed E-state index contributed by atoms with van der Waals surface area (Å²) in [5.74, 6) is 0. The first-order valence-corrected chi connectivity index (χ1v) is 5.59. The molecule has 1 aliphatic rings. The van der Waals surface area contributed by atoms with E-state index in [1.54, 1.807) is 4.68 Å². The van der Waals surface area contributed by atoms with Crippen molar-refractivity contribution in [3.8, 4) is 0 Å². The first-order valence-electron chi connectivity index (χ1n) is 5.59. The highest BCUT2D eigenvalue weighted by atomic mass is 15.4. The minimum absolute atomic E-state index is 0.664. The average molecular weight is 209 g/mol. The van der Waals surface area contributed by atoms with Gasteiger partial charge in [0.15, 0.2) is 0 Å². The molecule has 1 unspecified atom stereocenters. The number of aryl methyl sites for hydroxylation is 1. The van der Waals surface area contributed by atoms with Crippen LogP contribution in [0.1, 0.15) is 19.0 Å². The normalized spacial score (nSPS) is 21.4. The van der Waals surface area contributed by atoms with E-state index in [9.17, 15) is 0 Å². The maximum absolute atomic E-state index is 4.13. The summed E-state index contributed by atoms with van der Waals surface area (Å²) in [5, 5.41) is 11.5. The number of likely N-dealkylation sites (N-methyl/N-ethyl adjacent to an activating group) is 1. The predicted octanol–water partition coefficient (Wildman–Crippen LogP) is -0.00110. The van der Waals surface area contributed by atoms with Gasteiger partial charge in [-0.05, 0) is 19.5 Å². The molecule has 5 nitrogen and oxygen atoms in total. The van der Waals surface area contributed by atoms with Crippen molar-refractivity contribution in [1.82, 2.24) is 25.2 Å². The number of rotatable bonds is 4. The van der Waals surface area contributed by atoms with E-state index < -0.39 is 0 Å². The molecule has 2 heterocycles. The van der Waals surface area contributed by atoms with Gasteiger partial charge >= 0.3 is 0 Å². The second-order valence-electron chi connectivity index (χ2n) is 4.09. The molecule has 0 saturated carbocycles. The Hall–Kier alpha value is -0.940. The summed E-state index contributed by atoms with van der Waals surface area (Å²) in [4.78, 5) is 2.46. The van der Waals surface area contributed by atoms with Gasteiger partial charge in [0.1, 0.15) is 0 Å². The van der Waals surface area contributed by atoms with Gasteiger partial charge in [-0.2, -0.15) is 0 Å². The van der Waals surface area contributed by atoms with E-state index in [1.165, 1.54) is 6.42 Å². The van der Waals surface area contributed by atoms with Gasteiger partial charge in [0, 0.05) is 32.4 Å². The molecular weight excluding hydrogens is 190 g/mol. The summed E-state index contributed by atoms with van der Waals surface area (Å²) >= 11 is 0. The average Bonchev–Trinajstić information content (AvgIpc) is 2.85. The zero-order valence-electron chi connectivity index (χ0n) is 9.48. The van der Waals surface area contributed by atoms with Crippen molar-refractivity contribution >= 4 is 0 Å². The van der Waals surface area contributed by atoms with Crippen LogP contribution in [0.15, 0.2) is 6.20 Å². The number of hydrogen-bond donors (Lipinski definition) is 1. The fourth-order valence-corrected chi connectivity index (χ4v) is 2.13. The lowest BCUT2D eigenvalue weighted by Gasteiger charge is -2.25. The Morgan fingerprint density at radius 3 is 3.07 bits per heavy atom. The molecule has 1 N–H and O–H groups in total.